The number of ether oxygens (including phenoxy) is 1. The van der Waals surface area contributed by atoms with Crippen LogP contribution in [-0.4, -0.2) is 37.6 Å². The lowest BCUT2D eigenvalue weighted by Gasteiger charge is -2.32. The Balaban J connectivity index is 0.00000392. The van der Waals surface area contributed by atoms with E-state index < -0.39 is 12.7 Å². The molecule has 1 atom stereocenters. The number of hydrogen-bond acceptors (Lipinski definition) is 4. The summed E-state index contributed by atoms with van der Waals surface area (Å²) in [5.41, 5.74) is 6.04. The molecule has 2 rings (SSSR count). The first-order chi connectivity index (χ1) is 13.0. The number of benzene rings is 1. The predicted molar refractivity (Wildman–Crippen MR) is 106 cm³/mol. The van der Waals surface area contributed by atoms with Crippen LogP contribution in [0.4, 0.5) is 14.5 Å². The monoisotopic (exact) mass is 419 g/mol. The van der Waals surface area contributed by atoms with Crippen LogP contribution in [-0.2, 0) is 9.59 Å². The Kier molecular flexibility index (Phi) is 10.8. The summed E-state index contributed by atoms with van der Waals surface area (Å²) in [7, 11) is 0. The van der Waals surface area contributed by atoms with E-state index in [1.54, 1.807) is 17.0 Å². The van der Waals surface area contributed by atoms with E-state index in [9.17, 15) is 18.4 Å². The molecule has 9 heteroatoms. The minimum atomic E-state index is -2.89. The molecule has 0 saturated carbocycles. The molecule has 6 nitrogen and oxygen atoms in total. The minimum absolute atomic E-state index is 0. The van der Waals surface area contributed by atoms with Crippen LogP contribution >= 0.6 is 12.4 Å². The Morgan fingerprint density at radius 3 is 2.54 bits per heavy atom. The molecule has 1 saturated heterocycles. The summed E-state index contributed by atoms with van der Waals surface area (Å²) in [4.78, 5) is 26.3. The van der Waals surface area contributed by atoms with Crippen molar-refractivity contribution in [2.45, 2.75) is 57.6 Å². The third-order valence-corrected chi connectivity index (χ3v) is 4.51. The highest BCUT2D eigenvalue weighted by molar-refractivity contribution is 5.99. The first kappa shape index (κ1) is 24.1. The van der Waals surface area contributed by atoms with Crippen molar-refractivity contribution < 1.29 is 23.1 Å². The number of piperidine rings is 1. The van der Waals surface area contributed by atoms with Crippen molar-refractivity contribution >= 4 is 29.9 Å². The number of nitrogens with zero attached hydrogens (tertiary/aromatic N) is 1. The maximum atomic E-state index is 12.7. The molecule has 0 bridgehead atoms. The van der Waals surface area contributed by atoms with Crippen LogP contribution in [0.1, 0.15) is 44.9 Å². The normalized spacial score (nSPS) is 16.6. The van der Waals surface area contributed by atoms with Gasteiger partial charge >= 0.3 is 6.61 Å². The number of amides is 2. The van der Waals surface area contributed by atoms with Gasteiger partial charge in [-0.05, 0) is 56.5 Å². The van der Waals surface area contributed by atoms with E-state index in [-0.39, 0.29) is 30.0 Å². The molecule has 1 aromatic rings. The third-order valence-electron chi connectivity index (χ3n) is 4.51. The summed E-state index contributed by atoms with van der Waals surface area (Å²) in [6, 6.07) is 5.39. The zero-order valence-corrected chi connectivity index (χ0v) is 16.6. The zero-order valence-electron chi connectivity index (χ0n) is 15.7. The largest absolute Gasteiger partial charge is 0.435 e. The molecule has 0 aromatic heterocycles. The van der Waals surface area contributed by atoms with E-state index in [1.807, 2.05) is 0 Å². The van der Waals surface area contributed by atoms with Crippen molar-refractivity contribution in [2.75, 3.05) is 18.0 Å². The van der Waals surface area contributed by atoms with E-state index >= 15 is 0 Å². The highest BCUT2D eigenvalue weighted by Gasteiger charge is 2.30. The van der Waals surface area contributed by atoms with Gasteiger partial charge in [0.15, 0.2) is 0 Å². The summed E-state index contributed by atoms with van der Waals surface area (Å²) < 4.78 is 28.8. The lowest BCUT2D eigenvalue weighted by Crippen LogP contribution is -2.52. The van der Waals surface area contributed by atoms with Gasteiger partial charge in [-0.1, -0.05) is 12.8 Å². The highest BCUT2D eigenvalue weighted by atomic mass is 35.5. The van der Waals surface area contributed by atoms with Gasteiger partial charge in [-0.25, -0.2) is 0 Å². The molecule has 1 unspecified atom stereocenters. The van der Waals surface area contributed by atoms with Gasteiger partial charge in [0.1, 0.15) is 11.8 Å². The van der Waals surface area contributed by atoms with Gasteiger partial charge in [0.25, 0.3) is 0 Å². The summed E-state index contributed by atoms with van der Waals surface area (Å²) in [5, 5.41) is 2.82. The van der Waals surface area contributed by atoms with Crippen LogP contribution in [0.15, 0.2) is 24.3 Å². The fourth-order valence-electron chi connectivity index (χ4n) is 3.12. The summed E-state index contributed by atoms with van der Waals surface area (Å²) >= 11 is 0. The molecule has 1 aliphatic heterocycles. The molecule has 158 valence electrons. The van der Waals surface area contributed by atoms with Crippen molar-refractivity contribution in [2.24, 2.45) is 5.73 Å². The molecule has 2 amide bonds. The van der Waals surface area contributed by atoms with Crippen molar-refractivity contribution in [3.8, 4) is 5.75 Å². The number of carbonyl (C=O) groups is 2. The standard InChI is InChI=1S/C19H27F2N3O3.ClH/c20-19(21)27-15-10-8-14(9-11-15)24-13-5-6-16(18(24)26)23-17(25)7-3-1-2-4-12-22;/h8-11,16,19H,1-7,12-13,22H2,(H,23,25);1H. The average molecular weight is 420 g/mol. The van der Waals surface area contributed by atoms with Crippen LogP contribution in [0.3, 0.4) is 0 Å². The number of rotatable bonds is 10. The van der Waals surface area contributed by atoms with Crippen molar-refractivity contribution in [3.63, 3.8) is 0 Å². The van der Waals surface area contributed by atoms with E-state index in [0.29, 0.717) is 31.6 Å². The number of hydrogen-bond donors (Lipinski definition) is 2. The van der Waals surface area contributed by atoms with Crippen molar-refractivity contribution in [3.05, 3.63) is 24.3 Å². The summed E-state index contributed by atoms with van der Waals surface area (Å²) in [6.07, 6.45) is 5.44. The van der Waals surface area contributed by atoms with Crippen LogP contribution in [0.2, 0.25) is 0 Å². The molecule has 1 fully saturated rings. The molecule has 3 N–H and O–H groups in total. The highest BCUT2D eigenvalue weighted by Crippen LogP contribution is 2.24. The first-order valence-electron chi connectivity index (χ1n) is 9.37. The fraction of sp³-hybridized carbons (Fsp3) is 0.579. The Morgan fingerprint density at radius 2 is 1.89 bits per heavy atom. The zero-order chi connectivity index (χ0) is 19.6. The molecule has 1 aromatic carbocycles. The number of alkyl halides is 2. The van der Waals surface area contributed by atoms with Gasteiger partial charge in [0.05, 0.1) is 0 Å². The Morgan fingerprint density at radius 1 is 1.21 bits per heavy atom. The second kappa shape index (κ2) is 12.5. The Hall–Kier alpha value is -1.93. The number of carbonyl (C=O) groups excluding carboxylic acids is 2. The van der Waals surface area contributed by atoms with Crippen LogP contribution in [0.5, 0.6) is 5.75 Å². The number of anilines is 1. The molecule has 0 spiro atoms. The van der Waals surface area contributed by atoms with Gasteiger partial charge in [0.2, 0.25) is 11.8 Å². The first-order valence-corrected chi connectivity index (χ1v) is 9.37. The van der Waals surface area contributed by atoms with Crippen molar-refractivity contribution in [1.29, 1.82) is 0 Å². The third kappa shape index (κ3) is 7.59. The SMILES string of the molecule is Cl.NCCCCCCC(=O)NC1CCCN(c2ccc(OC(F)F)cc2)C1=O. The number of nitrogens with two attached hydrogens (primary N) is 1. The van der Waals surface area contributed by atoms with Crippen LogP contribution in [0.25, 0.3) is 0 Å². The number of nitrogens with one attached hydrogen (secondary N) is 1. The summed E-state index contributed by atoms with van der Waals surface area (Å²) in [5.74, 6) is -0.262. The molecule has 0 radical (unpaired) electrons. The molecule has 1 heterocycles. The van der Waals surface area contributed by atoms with Gasteiger partial charge in [-0.15, -0.1) is 12.4 Å². The van der Waals surface area contributed by atoms with E-state index in [4.69, 9.17) is 5.73 Å². The maximum Gasteiger partial charge on any atom is 0.387 e. The lowest BCUT2D eigenvalue weighted by atomic mass is 10.0. The summed E-state index contributed by atoms with van der Waals surface area (Å²) in [6.45, 7) is -1.70. The average Bonchev–Trinajstić information content (AvgIpc) is 2.64. The Bertz CT molecular complexity index is 617. The van der Waals surface area contributed by atoms with Crippen LogP contribution < -0.4 is 20.7 Å². The quantitative estimate of drug-likeness (QED) is 0.570. The molecular weight excluding hydrogens is 392 g/mol. The van der Waals surface area contributed by atoms with Crippen LogP contribution in [0, 0.1) is 0 Å². The lowest BCUT2D eigenvalue weighted by molar-refractivity contribution is -0.128. The van der Waals surface area contributed by atoms with Gasteiger partial charge in [0, 0.05) is 18.7 Å². The van der Waals surface area contributed by atoms with Gasteiger partial charge in [-0.2, -0.15) is 8.78 Å². The van der Waals surface area contributed by atoms with E-state index in [0.717, 1.165) is 32.1 Å². The minimum Gasteiger partial charge on any atom is -0.435 e. The molecule has 0 aliphatic carbocycles. The molecule has 28 heavy (non-hydrogen) atoms. The smallest absolute Gasteiger partial charge is 0.387 e. The second-order valence-corrected chi connectivity index (χ2v) is 6.58. The predicted octanol–water partition coefficient (Wildman–Crippen LogP) is 3.23. The van der Waals surface area contributed by atoms with E-state index in [1.165, 1.54) is 12.1 Å². The number of unbranched alkanes of at least 4 members (excludes halogenated alkanes) is 3. The van der Waals surface area contributed by atoms with Gasteiger partial charge < -0.3 is 20.7 Å². The molecular formula is C19H28ClF2N3O3. The number of halogens is 3. The second-order valence-electron chi connectivity index (χ2n) is 6.58. The van der Waals surface area contributed by atoms with E-state index in [2.05, 4.69) is 10.1 Å². The topological polar surface area (TPSA) is 84.7 Å². The van der Waals surface area contributed by atoms with Crippen molar-refractivity contribution in [1.82, 2.24) is 5.32 Å². The van der Waals surface area contributed by atoms with Gasteiger partial charge in [-0.3, -0.25) is 9.59 Å². The Labute approximate surface area is 170 Å². The molecule has 1 aliphatic rings. The maximum absolute atomic E-state index is 12.7. The fourth-order valence-corrected chi connectivity index (χ4v) is 3.12.